The number of unbranched alkanes of at least 4 members (excludes halogenated alkanes) is 1. The largest absolute Gasteiger partial charge is 0.494 e. The van der Waals surface area contributed by atoms with E-state index in [1.165, 1.54) is 6.21 Å². The van der Waals surface area contributed by atoms with Gasteiger partial charge in [-0.05, 0) is 91.6 Å². The number of ether oxygens (including phenoxy) is 2. The van der Waals surface area contributed by atoms with Gasteiger partial charge in [0.15, 0.2) is 6.61 Å². The van der Waals surface area contributed by atoms with Crippen LogP contribution in [0.3, 0.4) is 0 Å². The molecule has 0 aromatic heterocycles. The molecule has 0 saturated heterocycles. The number of carbonyl (C=O) groups excluding carboxylic acids is 3. The van der Waals surface area contributed by atoms with Crippen LogP contribution in [0.25, 0.3) is 0 Å². The van der Waals surface area contributed by atoms with Crippen molar-refractivity contribution in [3.8, 4) is 11.5 Å². The van der Waals surface area contributed by atoms with Crippen molar-refractivity contribution in [3.05, 3.63) is 83.4 Å². The molecule has 0 heterocycles. The van der Waals surface area contributed by atoms with Gasteiger partial charge in [0, 0.05) is 11.4 Å². The van der Waals surface area contributed by atoms with Crippen LogP contribution in [0, 0.1) is 13.8 Å². The molecule has 0 bridgehead atoms. The van der Waals surface area contributed by atoms with Crippen LogP contribution in [0.4, 0.5) is 11.4 Å². The van der Waals surface area contributed by atoms with Gasteiger partial charge in [0.05, 0.1) is 12.8 Å². The summed E-state index contributed by atoms with van der Waals surface area (Å²) in [7, 11) is 0. The fourth-order valence-electron chi connectivity index (χ4n) is 3.24. The van der Waals surface area contributed by atoms with Gasteiger partial charge < -0.3 is 20.1 Å². The Labute approximate surface area is 222 Å². The first kappa shape index (κ1) is 27.9. The molecule has 3 amide bonds. The first-order valence-electron chi connectivity index (χ1n) is 12.3. The molecule has 3 rings (SSSR count). The number of nitrogens with zero attached hydrogens (tertiary/aromatic N) is 1. The number of nitrogens with one attached hydrogen (secondary N) is 3. The standard InChI is InChI=1S/C29H32N4O5/c1-4-5-17-37-24-15-11-23(12-16-24)31-28(35)29(36)33-30-18-22-9-13-25(14-10-22)38-19-27(34)32-26-8-6-7-20(2)21(26)3/h6-16,18H,4-5,17,19H2,1-3H3,(H,31,35)(H,32,34)(H,33,36)/b30-18-. The fraction of sp³-hybridized carbons (Fsp3) is 0.241. The Morgan fingerprint density at radius 1 is 0.842 bits per heavy atom. The summed E-state index contributed by atoms with van der Waals surface area (Å²) in [4.78, 5) is 36.3. The molecule has 0 atom stereocenters. The van der Waals surface area contributed by atoms with E-state index >= 15 is 0 Å². The van der Waals surface area contributed by atoms with Gasteiger partial charge in [0.2, 0.25) is 0 Å². The van der Waals surface area contributed by atoms with Crippen molar-refractivity contribution in [1.82, 2.24) is 5.43 Å². The quantitative estimate of drug-likeness (QED) is 0.149. The molecule has 0 aliphatic carbocycles. The third kappa shape index (κ3) is 8.77. The minimum atomic E-state index is -0.903. The van der Waals surface area contributed by atoms with Crippen LogP contribution < -0.4 is 25.5 Å². The van der Waals surface area contributed by atoms with Gasteiger partial charge in [-0.2, -0.15) is 5.10 Å². The van der Waals surface area contributed by atoms with E-state index < -0.39 is 11.8 Å². The van der Waals surface area contributed by atoms with Gasteiger partial charge in [-0.3, -0.25) is 14.4 Å². The predicted octanol–water partition coefficient (Wildman–Crippen LogP) is 4.59. The van der Waals surface area contributed by atoms with Crippen molar-refractivity contribution in [2.45, 2.75) is 33.6 Å². The van der Waals surface area contributed by atoms with Crippen molar-refractivity contribution in [1.29, 1.82) is 0 Å². The molecular weight excluding hydrogens is 484 g/mol. The zero-order valence-corrected chi connectivity index (χ0v) is 21.7. The van der Waals surface area contributed by atoms with Crippen LogP contribution in [-0.2, 0) is 14.4 Å². The number of carbonyl (C=O) groups is 3. The smallest absolute Gasteiger partial charge is 0.329 e. The maximum Gasteiger partial charge on any atom is 0.329 e. The number of aryl methyl sites for hydroxylation is 1. The van der Waals surface area contributed by atoms with Crippen molar-refractivity contribution in [2.75, 3.05) is 23.8 Å². The second kappa shape index (κ2) is 14.2. The fourth-order valence-corrected chi connectivity index (χ4v) is 3.24. The number of anilines is 2. The number of benzene rings is 3. The second-order valence-electron chi connectivity index (χ2n) is 8.53. The highest BCUT2D eigenvalue weighted by Gasteiger charge is 2.13. The highest BCUT2D eigenvalue weighted by molar-refractivity contribution is 6.39. The molecule has 9 heteroatoms. The van der Waals surface area contributed by atoms with E-state index in [4.69, 9.17) is 9.47 Å². The molecule has 0 aliphatic rings. The van der Waals surface area contributed by atoms with E-state index in [1.807, 2.05) is 32.0 Å². The highest BCUT2D eigenvalue weighted by Crippen LogP contribution is 2.18. The molecule has 0 unspecified atom stereocenters. The van der Waals surface area contributed by atoms with Crippen LogP contribution in [0.1, 0.15) is 36.5 Å². The molecule has 0 spiro atoms. The molecule has 3 N–H and O–H groups in total. The van der Waals surface area contributed by atoms with Gasteiger partial charge in [-0.25, -0.2) is 5.43 Å². The minimum Gasteiger partial charge on any atom is -0.494 e. The number of amides is 3. The Morgan fingerprint density at radius 2 is 1.53 bits per heavy atom. The van der Waals surface area contributed by atoms with E-state index in [0.717, 1.165) is 29.7 Å². The summed E-state index contributed by atoms with van der Waals surface area (Å²) in [6.07, 6.45) is 3.40. The van der Waals surface area contributed by atoms with Crippen molar-refractivity contribution >= 4 is 35.3 Å². The molecule has 0 fully saturated rings. The van der Waals surface area contributed by atoms with Gasteiger partial charge in [-0.1, -0.05) is 25.5 Å². The van der Waals surface area contributed by atoms with Crippen LogP contribution >= 0.6 is 0 Å². The Hall–Kier alpha value is -4.66. The summed E-state index contributed by atoms with van der Waals surface area (Å²) in [5.41, 5.74) is 6.18. The molecule has 0 saturated carbocycles. The topological polar surface area (TPSA) is 118 Å². The maximum atomic E-state index is 12.2. The van der Waals surface area contributed by atoms with Crippen molar-refractivity contribution in [3.63, 3.8) is 0 Å². The lowest BCUT2D eigenvalue weighted by Crippen LogP contribution is -2.32. The van der Waals surface area contributed by atoms with Crippen LogP contribution in [0.5, 0.6) is 11.5 Å². The average Bonchev–Trinajstić information content (AvgIpc) is 2.92. The minimum absolute atomic E-state index is 0.138. The van der Waals surface area contributed by atoms with Crippen LogP contribution in [0.15, 0.2) is 71.8 Å². The molecule has 0 aliphatic heterocycles. The van der Waals surface area contributed by atoms with E-state index in [1.54, 1.807) is 48.5 Å². The Kier molecular flexibility index (Phi) is 10.4. The van der Waals surface area contributed by atoms with Gasteiger partial charge in [0.1, 0.15) is 11.5 Å². The van der Waals surface area contributed by atoms with E-state index in [9.17, 15) is 14.4 Å². The summed E-state index contributed by atoms with van der Waals surface area (Å²) in [5.74, 6) is -0.809. The SMILES string of the molecule is CCCCOc1ccc(NC(=O)C(=O)N/N=C\c2ccc(OCC(=O)Nc3cccc(C)c3C)cc2)cc1. The Bertz CT molecular complexity index is 1270. The molecule has 38 heavy (non-hydrogen) atoms. The van der Waals surface area contributed by atoms with Gasteiger partial charge in [0.25, 0.3) is 5.91 Å². The Morgan fingerprint density at radius 3 is 2.24 bits per heavy atom. The zero-order chi connectivity index (χ0) is 27.3. The molecule has 198 valence electrons. The second-order valence-corrected chi connectivity index (χ2v) is 8.53. The van der Waals surface area contributed by atoms with Crippen LogP contribution in [-0.4, -0.2) is 37.1 Å². The molecule has 9 nitrogen and oxygen atoms in total. The zero-order valence-electron chi connectivity index (χ0n) is 21.7. The lowest BCUT2D eigenvalue weighted by molar-refractivity contribution is -0.136. The average molecular weight is 517 g/mol. The number of hydrazone groups is 1. The van der Waals surface area contributed by atoms with E-state index in [-0.39, 0.29) is 12.5 Å². The summed E-state index contributed by atoms with van der Waals surface area (Å²) >= 11 is 0. The molecule has 3 aromatic carbocycles. The summed E-state index contributed by atoms with van der Waals surface area (Å²) in [6, 6.07) is 19.3. The third-order valence-corrected chi connectivity index (χ3v) is 5.59. The van der Waals surface area contributed by atoms with E-state index in [0.29, 0.717) is 29.4 Å². The maximum absolute atomic E-state index is 12.2. The monoisotopic (exact) mass is 516 g/mol. The van der Waals surface area contributed by atoms with E-state index in [2.05, 4.69) is 28.1 Å². The molecule has 3 aromatic rings. The lowest BCUT2D eigenvalue weighted by Gasteiger charge is -2.11. The Balaban J connectivity index is 1.41. The first-order chi connectivity index (χ1) is 18.4. The number of hydrogen-bond donors (Lipinski definition) is 3. The first-order valence-corrected chi connectivity index (χ1v) is 12.3. The summed E-state index contributed by atoms with van der Waals surface area (Å²) < 4.78 is 11.1. The van der Waals surface area contributed by atoms with Crippen molar-refractivity contribution in [2.24, 2.45) is 5.10 Å². The predicted molar refractivity (Wildman–Crippen MR) is 148 cm³/mol. The van der Waals surface area contributed by atoms with Crippen molar-refractivity contribution < 1.29 is 23.9 Å². The lowest BCUT2D eigenvalue weighted by atomic mass is 10.1. The molecular formula is C29H32N4O5. The summed E-state index contributed by atoms with van der Waals surface area (Å²) in [5, 5.41) is 9.17. The summed E-state index contributed by atoms with van der Waals surface area (Å²) in [6.45, 7) is 6.51. The third-order valence-electron chi connectivity index (χ3n) is 5.59. The number of rotatable bonds is 11. The highest BCUT2D eigenvalue weighted by atomic mass is 16.5. The van der Waals surface area contributed by atoms with Gasteiger partial charge >= 0.3 is 11.8 Å². The van der Waals surface area contributed by atoms with Crippen LogP contribution in [0.2, 0.25) is 0 Å². The normalized spacial score (nSPS) is 10.6. The van der Waals surface area contributed by atoms with Gasteiger partial charge in [-0.15, -0.1) is 0 Å². The molecule has 0 radical (unpaired) electrons. The number of hydrogen-bond acceptors (Lipinski definition) is 6.